The van der Waals surface area contributed by atoms with Crippen molar-refractivity contribution in [1.82, 2.24) is 15.1 Å². The van der Waals surface area contributed by atoms with E-state index >= 15 is 0 Å². The molecular formula is C9H13N3O2. The van der Waals surface area contributed by atoms with Gasteiger partial charge in [-0.15, -0.1) is 0 Å². The van der Waals surface area contributed by atoms with E-state index in [0.29, 0.717) is 13.2 Å². The largest absolute Gasteiger partial charge is 0.464 e. The SMILES string of the molecule is Cn1cc(CNC2CCOC2=O)cn1. The summed E-state index contributed by atoms with van der Waals surface area (Å²) in [4.78, 5) is 11.1. The zero-order valence-electron chi connectivity index (χ0n) is 8.06. The van der Waals surface area contributed by atoms with Crippen LogP contribution in [0.25, 0.3) is 0 Å². The molecule has 1 aromatic rings. The molecule has 0 radical (unpaired) electrons. The zero-order valence-corrected chi connectivity index (χ0v) is 8.06. The van der Waals surface area contributed by atoms with E-state index < -0.39 is 0 Å². The lowest BCUT2D eigenvalue weighted by Gasteiger charge is -2.06. The van der Waals surface area contributed by atoms with Gasteiger partial charge in [-0.1, -0.05) is 0 Å². The number of aryl methyl sites for hydroxylation is 1. The van der Waals surface area contributed by atoms with Gasteiger partial charge in [-0.3, -0.25) is 9.48 Å². The molecule has 0 amide bonds. The molecule has 0 bridgehead atoms. The first-order chi connectivity index (χ1) is 6.75. The third kappa shape index (κ3) is 1.93. The van der Waals surface area contributed by atoms with Gasteiger partial charge in [-0.2, -0.15) is 5.10 Å². The molecular weight excluding hydrogens is 182 g/mol. The van der Waals surface area contributed by atoms with Crippen LogP contribution in [0.5, 0.6) is 0 Å². The van der Waals surface area contributed by atoms with Crippen molar-refractivity contribution in [2.75, 3.05) is 6.61 Å². The summed E-state index contributed by atoms with van der Waals surface area (Å²) in [6.07, 6.45) is 4.47. The maximum absolute atomic E-state index is 11.1. The Morgan fingerprint density at radius 3 is 3.21 bits per heavy atom. The lowest BCUT2D eigenvalue weighted by atomic mass is 10.2. The number of nitrogens with one attached hydrogen (secondary N) is 1. The molecule has 5 nitrogen and oxygen atoms in total. The second-order valence-electron chi connectivity index (χ2n) is 3.41. The van der Waals surface area contributed by atoms with Crippen LogP contribution in [-0.2, 0) is 23.1 Å². The normalized spacial score (nSPS) is 21.2. The number of carbonyl (C=O) groups excluding carboxylic acids is 1. The summed E-state index contributed by atoms with van der Waals surface area (Å²) in [6, 6.07) is -0.143. The van der Waals surface area contributed by atoms with Crippen LogP contribution in [0, 0.1) is 0 Å². The number of cyclic esters (lactones) is 1. The van der Waals surface area contributed by atoms with Crippen molar-refractivity contribution in [1.29, 1.82) is 0 Å². The highest BCUT2D eigenvalue weighted by Gasteiger charge is 2.25. The molecule has 0 aliphatic carbocycles. The van der Waals surface area contributed by atoms with E-state index in [1.165, 1.54) is 0 Å². The lowest BCUT2D eigenvalue weighted by Crippen LogP contribution is -2.32. The fourth-order valence-electron chi connectivity index (χ4n) is 1.49. The molecule has 5 heteroatoms. The number of aromatic nitrogens is 2. The number of hydrogen-bond donors (Lipinski definition) is 1. The number of nitrogens with zero attached hydrogens (tertiary/aromatic N) is 2. The van der Waals surface area contributed by atoms with Crippen molar-refractivity contribution < 1.29 is 9.53 Å². The first-order valence-electron chi connectivity index (χ1n) is 4.63. The zero-order chi connectivity index (χ0) is 9.97. The minimum Gasteiger partial charge on any atom is -0.464 e. The first kappa shape index (κ1) is 9.21. The van der Waals surface area contributed by atoms with E-state index in [-0.39, 0.29) is 12.0 Å². The Bertz CT molecular complexity index is 335. The number of ether oxygens (including phenoxy) is 1. The van der Waals surface area contributed by atoms with Crippen LogP contribution in [0.15, 0.2) is 12.4 Å². The Kier molecular flexibility index (Phi) is 2.49. The Hall–Kier alpha value is -1.36. The number of rotatable bonds is 3. The number of carbonyl (C=O) groups is 1. The second-order valence-corrected chi connectivity index (χ2v) is 3.41. The van der Waals surface area contributed by atoms with Crippen LogP contribution in [-0.4, -0.2) is 28.4 Å². The molecule has 2 rings (SSSR count). The topological polar surface area (TPSA) is 56.2 Å². The second kappa shape index (κ2) is 3.79. The van der Waals surface area contributed by atoms with Crippen molar-refractivity contribution in [2.24, 2.45) is 7.05 Å². The monoisotopic (exact) mass is 195 g/mol. The van der Waals surface area contributed by atoms with Gasteiger partial charge in [0.15, 0.2) is 0 Å². The highest BCUT2D eigenvalue weighted by Crippen LogP contribution is 2.06. The van der Waals surface area contributed by atoms with Crippen molar-refractivity contribution in [3.05, 3.63) is 18.0 Å². The van der Waals surface area contributed by atoms with Gasteiger partial charge >= 0.3 is 5.97 Å². The molecule has 14 heavy (non-hydrogen) atoms. The molecule has 1 atom stereocenters. The van der Waals surface area contributed by atoms with Crippen LogP contribution in [0.3, 0.4) is 0 Å². The van der Waals surface area contributed by atoms with Crippen molar-refractivity contribution >= 4 is 5.97 Å². The van der Waals surface area contributed by atoms with Gasteiger partial charge in [0.25, 0.3) is 0 Å². The summed E-state index contributed by atoms with van der Waals surface area (Å²) in [5, 5.41) is 7.17. The molecule has 1 aliphatic rings. The number of hydrogen-bond acceptors (Lipinski definition) is 4. The maximum Gasteiger partial charge on any atom is 0.323 e. The van der Waals surface area contributed by atoms with Gasteiger partial charge in [-0.25, -0.2) is 0 Å². The quantitative estimate of drug-likeness (QED) is 0.680. The Balaban J connectivity index is 1.85. The van der Waals surface area contributed by atoms with Gasteiger partial charge in [0.1, 0.15) is 6.04 Å². The van der Waals surface area contributed by atoms with Gasteiger partial charge in [-0.05, 0) is 0 Å². The molecule has 1 unspecified atom stereocenters. The molecule has 0 spiro atoms. The van der Waals surface area contributed by atoms with Gasteiger partial charge in [0.2, 0.25) is 0 Å². The van der Waals surface area contributed by atoms with Crippen LogP contribution in [0.4, 0.5) is 0 Å². The van der Waals surface area contributed by atoms with Crippen molar-refractivity contribution in [3.8, 4) is 0 Å². The van der Waals surface area contributed by atoms with E-state index in [4.69, 9.17) is 4.74 Å². The summed E-state index contributed by atoms with van der Waals surface area (Å²) < 4.78 is 6.58. The predicted octanol–water partition coefficient (Wildman–Crippen LogP) is -0.175. The van der Waals surface area contributed by atoms with E-state index in [1.54, 1.807) is 10.9 Å². The third-order valence-electron chi connectivity index (χ3n) is 2.25. The molecule has 1 aromatic heterocycles. The molecule has 0 aromatic carbocycles. The summed E-state index contributed by atoms with van der Waals surface area (Å²) in [7, 11) is 1.87. The van der Waals surface area contributed by atoms with Gasteiger partial charge in [0, 0.05) is 31.8 Å². The van der Waals surface area contributed by atoms with Crippen LogP contribution >= 0.6 is 0 Å². The van der Waals surface area contributed by atoms with E-state index in [0.717, 1.165) is 12.0 Å². The van der Waals surface area contributed by atoms with Gasteiger partial charge in [0.05, 0.1) is 12.8 Å². The highest BCUT2D eigenvalue weighted by atomic mass is 16.5. The first-order valence-corrected chi connectivity index (χ1v) is 4.63. The van der Waals surface area contributed by atoms with Crippen molar-refractivity contribution in [3.63, 3.8) is 0 Å². The summed E-state index contributed by atoms with van der Waals surface area (Å²) >= 11 is 0. The Morgan fingerprint density at radius 1 is 1.79 bits per heavy atom. The van der Waals surface area contributed by atoms with Crippen LogP contribution < -0.4 is 5.32 Å². The molecule has 1 aliphatic heterocycles. The van der Waals surface area contributed by atoms with Crippen molar-refractivity contribution in [2.45, 2.75) is 19.0 Å². The summed E-state index contributed by atoms with van der Waals surface area (Å²) in [5.41, 5.74) is 1.08. The Morgan fingerprint density at radius 2 is 2.64 bits per heavy atom. The fourth-order valence-corrected chi connectivity index (χ4v) is 1.49. The molecule has 1 N–H and O–H groups in total. The summed E-state index contributed by atoms with van der Waals surface area (Å²) in [6.45, 7) is 1.19. The van der Waals surface area contributed by atoms with Crippen LogP contribution in [0.2, 0.25) is 0 Å². The average Bonchev–Trinajstić information content (AvgIpc) is 2.72. The fraction of sp³-hybridized carbons (Fsp3) is 0.556. The van der Waals surface area contributed by atoms with Gasteiger partial charge < -0.3 is 10.1 Å². The minimum atomic E-state index is -0.145. The maximum atomic E-state index is 11.1. The van der Waals surface area contributed by atoms with E-state index in [2.05, 4.69) is 10.4 Å². The third-order valence-corrected chi connectivity index (χ3v) is 2.25. The van der Waals surface area contributed by atoms with E-state index in [9.17, 15) is 4.79 Å². The Labute approximate surface area is 82.0 Å². The predicted molar refractivity (Wildman–Crippen MR) is 49.4 cm³/mol. The smallest absolute Gasteiger partial charge is 0.323 e. The van der Waals surface area contributed by atoms with E-state index in [1.807, 2.05) is 13.2 Å². The molecule has 2 heterocycles. The standard InChI is InChI=1S/C9H13N3O2/c1-12-6-7(5-11-12)4-10-8-2-3-14-9(8)13/h5-6,8,10H,2-4H2,1H3. The highest BCUT2D eigenvalue weighted by molar-refractivity contribution is 5.77. The molecule has 1 fully saturated rings. The molecule has 1 saturated heterocycles. The average molecular weight is 195 g/mol. The summed E-state index contributed by atoms with van der Waals surface area (Å²) in [5.74, 6) is -0.145. The number of esters is 1. The van der Waals surface area contributed by atoms with Crippen LogP contribution in [0.1, 0.15) is 12.0 Å². The molecule has 76 valence electrons. The lowest BCUT2D eigenvalue weighted by molar-refractivity contribution is -0.139. The minimum absolute atomic E-state index is 0.143. The molecule has 0 saturated carbocycles.